The lowest BCUT2D eigenvalue weighted by molar-refractivity contribution is -0.119. The van der Waals surface area contributed by atoms with Crippen molar-refractivity contribution < 1.29 is 9.59 Å². The van der Waals surface area contributed by atoms with E-state index >= 15 is 0 Å². The van der Waals surface area contributed by atoms with Gasteiger partial charge in [0, 0.05) is 30.5 Å². The maximum atomic E-state index is 11.9. The molecule has 19 heavy (non-hydrogen) atoms. The van der Waals surface area contributed by atoms with E-state index < -0.39 is 0 Å². The lowest BCUT2D eigenvalue weighted by Crippen LogP contribution is -2.32. The zero-order chi connectivity index (χ0) is 14.4. The van der Waals surface area contributed by atoms with Crippen LogP contribution in [0.3, 0.4) is 0 Å². The first kappa shape index (κ1) is 15.4. The fourth-order valence-corrected chi connectivity index (χ4v) is 2.29. The van der Waals surface area contributed by atoms with E-state index in [1.807, 2.05) is 26.0 Å². The molecule has 1 rings (SSSR count). The van der Waals surface area contributed by atoms with E-state index in [0.717, 1.165) is 5.00 Å². The van der Waals surface area contributed by atoms with E-state index in [9.17, 15) is 9.59 Å². The predicted octanol–water partition coefficient (Wildman–Crippen LogP) is 2.49. The average molecular weight is 280 g/mol. The maximum Gasteiger partial charge on any atom is 0.246 e. The quantitative estimate of drug-likeness (QED) is 0.842. The summed E-state index contributed by atoms with van der Waals surface area (Å²) in [4.78, 5) is 26.2. The van der Waals surface area contributed by atoms with Crippen molar-refractivity contribution in [3.05, 3.63) is 28.7 Å². The SMILES string of the molecule is CC=C(C)C(=O)NCCC(=O)N(C)c1ccc(C)s1. The van der Waals surface area contributed by atoms with Gasteiger partial charge in [-0.25, -0.2) is 0 Å². The van der Waals surface area contributed by atoms with Crippen LogP contribution in [0.15, 0.2) is 23.8 Å². The van der Waals surface area contributed by atoms with Crippen LogP contribution in [0.25, 0.3) is 0 Å². The molecule has 5 heteroatoms. The van der Waals surface area contributed by atoms with Crippen molar-refractivity contribution in [2.24, 2.45) is 0 Å². The summed E-state index contributed by atoms with van der Waals surface area (Å²) >= 11 is 1.58. The largest absolute Gasteiger partial charge is 0.352 e. The average Bonchev–Trinajstić information content (AvgIpc) is 2.83. The highest BCUT2D eigenvalue weighted by atomic mass is 32.1. The molecule has 0 saturated carbocycles. The number of rotatable bonds is 5. The molecule has 0 aliphatic rings. The van der Waals surface area contributed by atoms with Crippen molar-refractivity contribution in [3.8, 4) is 0 Å². The predicted molar refractivity (Wildman–Crippen MR) is 79.5 cm³/mol. The summed E-state index contributed by atoms with van der Waals surface area (Å²) in [7, 11) is 1.76. The lowest BCUT2D eigenvalue weighted by atomic mass is 10.2. The van der Waals surface area contributed by atoms with Gasteiger partial charge in [-0.05, 0) is 32.9 Å². The number of hydrogen-bond donors (Lipinski definition) is 1. The summed E-state index contributed by atoms with van der Waals surface area (Å²) in [6, 6.07) is 3.92. The van der Waals surface area contributed by atoms with Crippen LogP contribution in [-0.4, -0.2) is 25.4 Å². The number of hydrogen-bond acceptors (Lipinski definition) is 3. The molecule has 0 aromatic carbocycles. The number of carbonyl (C=O) groups is 2. The normalized spacial score (nSPS) is 11.3. The van der Waals surface area contributed by atoms with Crippen LogP contribution in [0.2, 0.25) is 0 Å². The molecule has 1 N–H and O–H groups in total. The maximum absolute atomic E-state index is 11.9. The van der Waals surface area contributed by atoms with E-state index in [1.165, 1.54) is 4.88 Å². The minimum absolute atomic E-state index is 0.000260. The first-order chi connectivity index (χ1) is 8.95. The molecule has 0 spiro atoms. The second kappa shape index (κ2) is 7.09. The monoisotopic (exact) mass is 280 g/mol. The van der Waals surface area contributed by atoms with Gasteiger partial charge in [0.25, 0.3) is 0 Å². The Balaban J connectivity index is 2.42. The molecule has 0 aliphatic heterocycles. The number of carbonyl (C=O) groups excluding carboxylic acids is 2. The highest BCUT2D eigenvalue weighted by Gasteiger charge is 2.12. The Labute approximate surface area is 118 Å². The van der Waals surface area contributed by atoms with Gasteiger partial charge in [0.05, 0.1) is 5.00 Å². The van der Waals surface area contributed by atoms with Crippen LogP contribution < -0.4 is 10.2 Å². The van der Waals surface area contributed by atoms with E-state index in [0.29, 0.717) is 18.5 Å². The molecule has 0 radical (unpaired) electrons. The summed E-state index contributed by atoms with van der Waals surface area (Å²) in [5, 5.41) is 3.65. The molecular weight excluding hydrogens is 260 g/mol. The van der Waals surface area contributed by atoms with E-state index in [1.54, 1.807) is 36.3 Å². The van der Waals surface area contributed by atoms with Crippen molar-refractivity contribution >= 4 is 28.2 Å². The van der Waals surface area contributed by atoms with Gasteiger partial charge >= 0.3 is 0 Å². The van der Waals surface area contributed by atoms with E-state index in [4.69, 9.17) is 0 Å². The van der Waals surface area contributed by atoms with Crippen molar-refractivity contribution in [2.75, 3.05) is 18.5 Å². The fourth-order valence-electron chi connectivity index (χ4n) is 1.45. The molecule has 0 fully saturated rings. The number of thiophene rings is 1. The number of amides is 2. The number of aryl methyl sites for hydroxylation is 1. The van der Waals surface area contributed by atoms with Crippen LogP contribution >= 0.6 is 11.3 Å². The summed E-state index contributed by atoms with van der Waals surface area (Å²) in [5.74, 6) is -0.120. The Morgan fingerprint density at radius 1 is 1.42 bits per heavy atom. The third kappa shape index (κ3) is 4.52. The van der Waals surface area contributed by atoms with Crippen LogP contribution in [-0.2, 0) is 9.59 Å². The Hall–Kier alpha value is -1.62. The first-order valence-corrected chi connectivity index (χ1v) is 7.01. The zero-order valence-corrected chi connectivity index (χ0v) is 12.6. The van der Waals surface area contributed by atoms with Crippen molar-refractivity contribution in [2.45, 2.75) is 27.2 Å². The van der Waals surface area contributed by atoms with Crippen molar-refractivity contribution in [3.63, 3.8) is 0 Å². The molecule has 0 saturated heterocycles. The molecule has 1 heterocycles. The highest BCUT2D eigenvalue weighted by molar-refractivity contribution is 7.16. The molecule has 0 aliphatic carbocycles. The first-order valence-electron chi connectivity index (χ1n) is 6.19. The fraction of sp³-hybridized carbons (Fsp3) is 0.429. The Kier molecular flexibility index (Phi) is 5.76. The molecule has 2 amide bonds. The molecule has 0 atom stereocenters. The standard InChI is InChI=1S/C14H20N2O2S/c1-5-10(2)14(18)15-9-8-12(17)16(4)13-7-6-11(3)19-13/h5-7H,8-9H2,1-4H3,(H,15,18). The Morgan fingerprint density at radius 2 is 2.11 bits per heavy atom. The third-order valence-corrected chi connectivity index (χ3v) is 3.92. The molecule has 4 nitrogen and oxygen atoms in total. The number of anilines is 1. The minimum Gasteiger partial charge on any atom is -0.352 e. The summed E-state index contributed by atoms with van der Waals surface area (Å²) in [5.41, 5.74) is 0.662. The molecule has 104 valence electrons. The molecule has 1 aromatic rings. The smallest absolute Gasteiger partial charge is 0.246 e. The van der Waals surface area contributed by atoms with Gasteiger partial charge in [-0.15, -0.1) is 11.3 Å². The van der Waals surface area contributed by atoms with Gasteiger partial charge in [-0.3, -0.25) is 9.59 Å². The van der Waals surface area contributed by atoms with Crippen molar-refractivity contribution in [1.82, 2.24) is 5.32 Å². The van der Waals surface area contributed by atoms with Gasteiger partial charge in [0.2, 0.25) is 11.8 Å². The summed E-state index contributed by atoms with van der Waals surface area (Å²) in [6.45, 7) is 5.93. The van der Waals surface area contributed by atoms with E-state index in [2.05, 4.69) is 5.32 Å². The summed E-state index contributed by atoms with van der Waals surface area (Å²) in [6.07, 6.45) is 2.05. The van der Waals surface area contributed by atoms with Gasteiger partial charge in [-0.2, -0.15) is 0 Å². The third-order valence-electron chi connectivity index (χ3n) is 2.85. The number of nitrogens with zero attached hydrogens (tertiary/aromatic N) is 1. The van der Waals surface area contributed by atoms with Crippen LogP contribution in [0.1, 0.15) is 25.1 Å². The summed E-state index contributed by atoms with van der Waals surface area (Å²) < 4.78 is 0. The molecule has 0 unspecified atom stereocenters. The van der Waals surface area contributed by atoms with Gasteiger partial charge < -0.3 is 10.2 Å². The second-order valence-corrected chi connectivity index (χ2v) is 5.58. The Morgan fingerprint density at radius 3 is 2.63 bits per heavy atom. The molecule has 1 aromatic heterocycles. The van der Waals surface area contributed by atoms with Crippen LogP contribution in [0.5, 0.6) is 0 Å². The topological polar surface area (TPSA) is 49.4 Å². The van der Waals surface area contributed by atoms with Gasteiger partial charge in [0.1, 0.15) is 0 Å². The zero-order valence-electron chi connectivity index (χ0n) is 11.8. The van der Waals surface area contributed by atoms with Crippen molar-refractivity contribution in [1.29, 1.82) is 0 Å². The lowest BCUT2D eigenvalue weighted by Gasteiger charge is -2.15. The number of allylic oxidation sites excluding steroid dienone is 1. The Bertz CT molecular complexity index is 491. The second-order valence-electron chi connectivity index (χ2n) is 4.31. The van der Waals surface area contributed by atoms with Gasteiger partial charge in [-0.1, -0.05) is 6.08 Å². The molecule has 0 bridgehead atoms. The minimum atomic E-state index is -0.120. The van der Waals surface area contributed by atoms with E-state index in [-0.39, 0.29) is 11.8 Å². The highest BCUT2D eigenvalue weighted by Crippen LogP contribution is 2.24. The molecular formula is C14H20N2O2S. The van der Waals surface area contributed by atoms with Crippen LogP contribution in [0.4, 0.5) is 5.00 Å². The van der Waals surface area contributed by atoms with Gasteiger partial charge in [0.15, 0.2) is 0 Å². The van der Waals surface area contributed by atoms with Crippen LogP contribution in [0, 0.1) is 6.92 Å². The number of nitrogens with one attached hydrogen (secondary N) is 1.